The first-order valence-corrected chi connectivity index (χ1v) is 28.4. The molecule has 0 amide bonds. The highest BCUT2D eigenvalue weighted by atomic mass is 16.6. The van der Waals surface area contributed by atoms with Gasteiger partial charge in [0.25, 0.3) is 0 Å². The van der Waals surface area contributed by atoms with E-state index in [9.17, 15) is 14.4 Å². The molecule has 6 nitrogen and oxygen atoms in total. The van der Waals surface area contributed by atoms with Crippen molar-refractivity contribution in [2.45, 2.75) is 329 Å². The maximum Gasteiger partial charge on any atom is 0.306 e. The lowest BCUT2D eigenvalue weighted by Gasteiger charge is -2.18. The van der Waals surface area contributed by atoms with Gasteiger partial charge in [-0.25, -0.2) is 0 Å². The summed E-state index contributed by atoms with van der Waals surface area (Å²) in [5, 5.41) is 0. The van der Waals surface area contributed by atoms with E-state index < -0.39 is 6.10 Å². The Balaban J connectivity index is 4.25. The third-order valence-electron chi connectivity index (χ3n) is 13.4. The quantitative estimate of drug-likeness (QED) is 0.0344. The molecule has 6 heteroatoms. The van der Waals surface area contributed by atoms with Gasteiger partial charge >= 0.3 is 17.9 Å². The van der Waals surface area contributed by atoms with Gasteiger partial charge in [-0.2, -0.15) is 0 Å². The fourth-order valence-electron chi connectivity index (χ4n) is 8.72. The standard InChI is InChI=1S/C57H110O6/c1-5-8-10-12-14-16-18-19-20-21-22-27-30-34-38-42-46-50-57(60)63-54(51-61-55(58)48-44-40-36-32-17-15-13-11-9-6-2)52-62-56(59)49-45-41-37-33-29-26-24-23-25-28-31-35-39-43-47-53(4)7-3/h53-54H,5-52H2,1-4H3/t53?,54-/m0/s1. The first kappa shape index (κ1) is 61.4. The Bertz CT molecular complexity index is 951. The van der Waals surface area contributed by atoms with Gasteiger partial charge < -0.3 is 14.2 Å². The Morgan fingerprint density at radius 3 is 0.825 bits per heavy atom. The van der Waals surface area contributed by atoms with Gasteiger partial charge in [-0.3, -0.25) is 14.4 Å². The van der Waals surface area contributed by atoms with E-state index in [1.165, 1.54) is 218 Å². The zero-order valence-corrected chi connectivity index (χ0v) is 43.0. The molecule has 0 saturated heterocycles. The first-order chi connectivity index (χ1) is 30.9. The molecule has 374 valence electrons. The van der Waals surface area contributed by atoms with E-state index in [0.717, 1.165) is 63.7 Å². The lowest BCUT2D eigenvalue weighted by Crippen LogP contribution is -2.30. The Kier molecular flexibility index (Phi) is 50.1. The van der Waals surface area contributed by atoms with E-state index in [1.54, 1.807) is 0 Å². The van der Waals surface area contributed by atoms with Crippen LogP contribution in [-0.4, -0.2) is 37.2 Å². The Labute approximate surface area is 393 Å². The van der Waals surface area contributed by atoms with Crippen molar-refractivity contribution < 1.29 is 28.6 Å². The minimum absolute atomic E-state index is 0.0621. The molecular formula is C57H110O6. The van der Waals surface area contributed by atoms with Crippen LogP contribution in [0.25, 0.3) is 0 Å². The summed E-state index contributed by atoms with van der Waals surface area (Å²) in [6.07, 6.45) is 55.1. The van der Waals surface area contributed by atoms with Crippen molar-refractivity contribution in [3.8, 4) is 0 Å². The molecule has 63 heavy (non-hydrogen) atoms. The summed E-state index contributed by atoms with van der Waals surface area (Å²) in [5.74, 6) is 0.0571. The molecule has 0 rings (SSSR count). The minimum Gasteiger partial charge on any atom is -0.462 e. The van der Waals surface area contributed by atoms with Gasteiger partial charge in [-0.15, -0.1) is 0 Å². The molecule has 0 radical (unpaired) electrons. The normalized spacial score (nSPS) is 12.4. The molecule has 0 aliphatic heterocycles. The molecule has 0 aromatic carbocycles. The maximum absolute atomic E-state index is 12.8. The van der Waals surface area contributed by atoms with E-state index in [-0.39, 0.29) is 31.1 Å². The molecule has 0 N–H and O–H groups in total. The first-order valence-electron chi connectivity index (χ1n) is 28.4. The largest absolute Gasteiger partial charge is 0.462 e. The number of rotatable bonds is 52. The van der Waals surface area contributed by atoms with Gasteiger partial charge in [-0.05, 0) is 25.2 Å². The van der Waals surface area contributed by atoms with E-state index in [0.29, 0.717) is 19.3 Å². The molecule has 0 aliphatic carbocycles. The van der Waals surface area contributed by atoms with Crippen LogP contribution in [0, 0.1) is 5.92 Å². The number of carbonyl (C=O) groups is 3. The number of hydrogen-bond donors (Lipinski definition) is 0. The van der Waals surface area contributed by atoms with Crippen LogP contribution in [0.1, 0.15) is 323 Å². The van der Waals surface area contributed by atoms with Crippen LogP contribution in [0.15, 0.2) is 0 Å². The molecule has 0 bridgehead atoms. The van der Waals surface area contributed by atoms with Crippen LogP contribution >= 0.6 is 0 Å². The molecule has 0 fully saturated rings. The SMILES string of the molecule is CCCCCCCCCCCCCCCCCCCC(=O)O[C@@H](COC(=O)CCCCCCCCCCCC)COC(=O)CCCCCCCCCCCCCCCCC(C)CC. The maximum atomic E-state index is 12.8. The topological polar surface area (TPSA) is 78.9 Å². The van der Waals surface area contributed by atoms with Crippen molar-refractivity contribution in [2.75, 3.05) is 13.2 Å². The summed E-state index contributed by atoms with van der Waals surface area (Å²) in [4.78, 5) is 38.0. The molecule has 0 heterocycles. The fraction of sp³-hybridized carbons (Fsp3) is 0.947. The summed E-state index contributed by atoms with van der Waals surface area (Å²) < 4.78 is 16.9. The minimum atomic E-state index is -0.761. The molecule has 2 atom stereocenters. The predicted octanol–water partition coefficient (Wildman–Crippen LogP) is 18.6. The van der Waals surface area contributed by atoms with Gasteiger partial charge in [0, 0.05) is 19.3 Å². The van der Waals surface area contributed by atoms with Crippen molar-refractivity contribution in [1.29, 1.82) is 0 Å². The lowest BCUT2D eigenvalue weighted by atomic mass is 9.99. The Morgan fingerprint density at radius 1 is 0.317 bits per heavy atom. The smallest absolute Gasteiger partial charge is 0.306 e. The van der Waals surface area contributed by atoms with Crippen LogP contribution in [0.4, 0.5) is 0 Å². The fourth-order valence-corrected chi connectivity index (χ4v) is 8.72. The molecule has 0 saturated carbocycles. The zero-order chi connectivity index (χ0) is 45.9. The summed E-state index contributed by atoms with van der Waals surface area (Å²) >= 11 is 0. The van der Waals surface area contributed by atoms with Gasteiger partial charge in [-0.1, -0.05) is 285 Å². The third kappa shape index (κ3) is 49.7. The highest BCUT2D eigenvalue weighted by Gasteiger charge is 2.19. The van der Waals surface area contributed by atoms with Crippen molar-refractivity contribution in [1.82, 2.24) is 0 Å². The van der Waals surface area contributed by atoms with Gasteiger partial charge in [0.15, 0.2) is 6.10 Å². The van der Waals surface area contributed by atoms with Crippen LogP contribution in [0.2, 0.25) is 0 Å². The van der Waals surface area contributed by atoms with Crippen molar-refractivity contribution in [3.05, 3.63) is 0 Å². The van der Waals surface area contributed by atoms with Crippen LogP contribution in [0.5, 0.6) is 0 Å². The second-order valence-electron chi connectivity index (χ2n) is 19.8. The number of ether oxygens (including phenoxy) is 3. The Hall–Kier alpha value is -1.59. The van der Waals surface area contributed by atoms with E-state index >= 15 is 0 Å². The summed E-state index contributed by atoms with van der Waals surface area (Å²) in [6.45, 7) is 9.08. The Morgan fingerprint density at radius 2 is 0.556 bits per heavy atom. The van der Waals surface area contributed by atoms with Crippen molar-refractivity contribution in [2.24, 2.45) is 5.92 Å². The number of hydrogen-bond acceptors (Lipinski definition) is 6. The number of unbranched alkanes of at least 4 members (excludes halogenated alkanes) is 38. The van der Waals surface area contributed by atoms with Gasteiger partial charge in [0.2, 0.25) is 0 Å². The highest BCUT2D eigenvalue weighted by Crippen LogP contribution is 2.18. The van der Waals surface area contributed by atoms with Gasteiger partial charge in [0.1, 0.15) is 13.2 Å². The number of esters is 3. The zero-order valence-electron chi connectivity index (χ0n) is 43.0. The monoisotopic (exact) mass is 891 g/mol. The van der Waals surface area contributed by atoms with Crippen LogP contribution in [0.3, 0.4) is 0 Å². The molecule has 1 unspecified atom stereocenters. The molecule has 0 aromatic heterocycles. The molecule has 0 aromatic rings. The van der Waals surface area contributed by atoms with E-state index in [4.69, 9.17) is 14.2 Å². The highest BCUT2D eigenvalue weighted by molar-refractivity contribution is 5.71. The summed E-state index contributed by atoms with van der Waals surface area (Å²) in [5.41, 5.74) is 0. The molecular weight excluding hydrogens is 781 g/mol. The van der Waals surface area contributed by atoms with Crippen molar-refractivity contribution in [3.63, 3.8) is 0 Å². The average Bonchev–Trinajstić information content (AvgIpc) is 3.28. The average molecular weight is 892 g/mol. The van der Waals surface area contributed by atoms with E-state index in [1.807, 2.05) is 0 Å². The summed E-state index contributed by atoms with van der Waals surface area (Å²) in [7, 11) is 0. The second-order valence-corrected chi connectivity index (χ2v) is 19.8. The second kappa shape index (κ2) is 51.4. The van der Waals surface area contributed by atoms with Crippen LogP contribution < -0.4 is 0 Å². The molecule has 0 spiro atoms. The lowest BCUT2D eigenvalue weighted by molar-refractivity contribution is -0.167. The number of carbonyl (C=O) groups excluding carboxylic acids is 3. The third-order valence-corrected chi connectivity index (χ3v) is 13.4. The van der Waals surface area contributed by atoms with Crippen LogP contribution in [-0.2, 0) is 28.6 Å². The van der Waals surface area contributed by atoms with Crippen molar-refractivity contribution >= 4 is 17.9 Å². The van der Waals surface area contributed by atoms with E-state index in [2.05, 4.69) is 27.7 Å². The predicted molar refractivity (Wildman–Crippen MR) is 270 cm³/mol. The molecule has 0 aliphatic rings. The van der Waals surface area contributed by atoms with Gasteiger partial charge in [0.05, 0.1) is 0 Å². The summed E-state index contributed by atoms with van der Waals surface area (Å²) in [6, 6.07) is 0.